The summed E-state index contributed by atoms with van der Waals surface area (Å²) < 4.78 is 1.29. The third kappa shape index (κ3) is 3.30. The summed E-state index contributed by atoms with van der Waals surface area (Å²) in [5.74, 6) is 0.109. The molecule has 4 rings (SSSR count). The van der Waals surface area contributed by atoms with Crippen LogP contribution in [0.2, 0.25) is 0 Å². The predicted molar refractivity (Wildman–Crippen MR) is 104 cm³/mol. The quantitative estimate of drug-likeness (QED) is 0.435. The van der Waals surface area contributed by atoms with Crippen LogP contribution in [0.5, 0.6) is 0 Å². The third-order valence-electron chi connectivity index (χ3n) is 4.38. The van der Waals surface area contributed by atoms with Gasteiger partial charge in [0, 0.05) is 45.9 Å². The lowest BCUT2D eigenvalue weighted by Crippen LogP contribution is -2.24. The molecule has 0 N–H and O–H groups in total. The summed E-state index contributed by atoms with van der Waals surface area (Å²) in [5, 5.41) is 3.36. The van der Waals surface area contributed by atoms with Crippen LogP contribution in [-0.2, 0) is 0 Å². The summed E-state index contributed by atoms with van der Waals surface area (Å²) in [6.07, 6.45) is 7.47. The maximum absolute atomic E-state index is 12.4. The zero-order valence-corrected chi connectivity index (χ0v) is 15.0. The lowest BCUT2D eigenvalue weighted by Gasteiger charge is -2.24. The van der Waals surface area contributed by atoms with Gasteiger partial charge in [0.15, 0.2) is 5.78 Å². The highest BCUT2D eigenvalue weighted by Gasteiger charge is 2.11. The molecule has 1 fully saturated rings. The molecular formula is C20H19NOS2. The molecule has 0 aliphatic carbocycles. The molecule has 0 spiro atoms. The molecule has 1 saturated heterocycles. The molecule has 3 aromatic rings. The van der Waals surface area contributed by atoms with Crippen molar-refractivity contribution in [2.45, 2.75) is 19.3 Å². The van der Waals surface area contributed by atoms with Crippen LogP contribution in [0.3, 0.4) is 0 Å². The smallest absolute Gasteiger partial charge is 0.197 e. The number of benzene rings is 1. The number of hydrogen-bond acceptors (Lipinski definition) is 4. The summed E-state index contributed by atoms with van der Waals surface area (Å²) in [5.41, 5.74) is 1.15. The molecule has 0 atom stereocenters. The molecule has 0 unspecified atom stereocenters. The maximum atomic E-state index is 12.4. The van der Waals surface area contributed by atoms with E-state index >= 15 is 0 Å². The number of hydrogen-bond donors (Lipinski definition) is 0. The first-order valence-corrected chi connectivity index (χ1v) is 10.0. The van der Waals surface area contributed by atoms with E-state index in [1.54, 1.807) is 17.4 Å². The molecule has 1 aliphatic heterocycles. The van der Waals surface area contributed by atoms with Crippen molar-refractivity contribution < 1.29 is 4.79 Å². The minimum Gasteiger partial charge on any atom is -0.377 e. The van der Waals surface area contributed by atoms with E-state index in [9.17, 15) is 4.79 Å². The molecule has 2 nitrogen and oxygen atoms in total. The van der Waals surface area contributed by atoms with Crippen LogP contribution in [0, 0.1) is 0 Å². The van der Waals surface area contributed by atoms with Crippen molar-refractivity contribution in [3.63, 3.8) is 0 Å². The van der Waals surface area contributed by atoms with Crippen LogP contribution >= 0.6 is 22.7 Å². The van der Waals surface area contributed by atoms with Gasteiger partial charge in [0.05, 0.1) is 4.88 Å². The Balaban J connectivity index is 1.51. The highest BCUT2D eigenvalue weighted by atomic mass is 32.1. The Hall–Kier alpha value is -1.91. The van der Waals surface area contributed by atoms with Crippen molar-refractivity contribution in [3.8, 4) is 10.4 Å². The van der Waals surface area contributed by atoms with E-state index in [0.29, 0.717) is 0 Å². The number of rotatable bonds is 4. The first-order valence-electron chi connectivity index (χ1n) is 8.34. The van der Waals surface area contributed by atoms with E-state index in [1.165, 1.54) is 45.6 Å². The molecule has 3 heterocycles. The van der Waals surface area contributed by atoms with Gasteiger partial charge in [0.1, 0.15) is 0 Å². The standard InChI is InChI=1S/C20H19NOS2/c22-17(8-11-21-9-4-1-5-10-21)20-13-16(14-23-20)19-12-15-6-2-3-7-18(15)24-19/h2-3,6-8,11-14H,1,4-5,9-10H2. The van der Waals surface area contributed by atoms with Gasteiger partial charge in [0.2, 0.25) is 0 Å². The number of likely N-dealkylation sites (tertiary alicyclic amines) is 1. The van der Waals surface area contributed by atoms with Gasteiger partial charge in [0.25, 0.3) is 0 Å². The molecule has 4 heteroatoms. The maximum Gasteiger partial charge on any atom is 0.197 e. The van der Waals surface area contributed by atoms with E-state index in [4.69, 9.17) is 0 Å². The summed E-state index contributed by atoms with van der Waals surface area (Å²) in [4.78, 5) is 16.7. The Bertz CT molecular complexity index is 851. The number of ketones is 1. The van der Waals surface area contributed by atoms with Gasteiger partial charge < -0.3 is 4.90 Å². The molecule has 0 bridgehead atoms. The van der Waals surface area contributed by atoms with Crippen molar-refractivity contribution in [2.24, 2.45) is 0 Å². The van der Waals surface area contributed by atoms with E-state index in [0.717, 1.165) is 23.5 Å². The molecule has 0 amide bonds. The van der Waals surface area contributed by atoms with Crippen molar-refractivity contribution in [2.75, 3.05) is 13.1 Å². The molecule has 1 aliphatic rings. The fourth-order valence-electron chi connectivity index (χ4n) is 3.04. The number of piperidine rings is 1. The zero-order chi connectivity index (χ0) is 16.4. The second-order valence-electron chi connectivity index (χ2n) is 6.12. The summed E-state index contributed by atoms with van der Waals surface area (Å²) in [6.45, 7) is 2.14. The molecule has 0 saturated carbocycles. The van der Waals surface area contributed by atoms with Crippen LogP contribution in [-0.4, -0.2) is 23.8 Å². The number of thiophene rings is 2. The lowest BCUT2D eigenvalue weighted by atomic mass is 10.1. The second kappa shape index (κ2) is 6.91. The fourth-order valence-corrected chi connectivity index (χ4v) is 4.99. The highest BCUT2D eigenvalue weighted by molar-refractivity contribution is 7.22. The Morgan fingerprint density at radius 2 is 1.92 bits per heavy atom. The number of carbonyl (C=O) groups is 1. The molecule has 1 aromatic carbocycles. The second-order valence-corrected chi connectivity index (χ2v) is 8.12. The number of nitrogens with zero attached hydrogens (tertiary/aromatic N) is 1. The molecule has 0 radical (unpaired) electrons. The number of fused-ring (bicyclic) bond motifs is 1. The largest absolute Gasteiger partial charge is 0.377 e. The van der Waals surface area contributed by atoms with Gasteiger partial charge >= 0.3 is 0 Å². The monoisotopic (exact) mass is 353 g/mol. The molecular weight excluding hydrogens is 334 g/mol. The average molecular weight is 354 g/mol. The minimum absolute atomic E-state index is 0.109. The highest BCUT2D eigenvalue weighted by Crippen LogP contribution is 2.35. The first-order chi connectivity index (χ1) is 11.8. The van der Waals surface area contributed by atoms with E-state index in [1.807, 2.05) is 12.3 Å². The Morgan fingerprint density at radius 1 is 1.08 bits per heavy atom. The summed E-state index contributed by atoms with van der Waals surface area (Å²) in [7, 11) is 0. The summed E-state index contributed by atoms with van der Waals surface area (Å²) >= 11 is 3.32. The topological polar surface area (TPSA) is 20.3 Å². The average Bonchev–Trinajstić information content (AvgIpc) is 3.27. The van der Waals surface area contributed by atoms with Crippen molar-refractivity contribution in [3.05, 3.63) is 58.9 Å². The Morgan fingerprint density at radius 3 is 2.75 bits per heavy atom. The fraction of sp³-hybridized carbons (Fsp3) is 0.250. The van der Waals surface area contributed by atoms with Gasteiger partial charge in [-0.25, -0.2) is 0 Å². The van der Waals surface area contributed by atoms with Crippen LogP contribution < -0.4 is 0 Å². The van der Waals surface area contributed by atoms with E-state index in [-0.39, 0.29) is 5.78 Å². The molecule has 24 heavy (non-hydrogen) atoms. The van der Waals surface area contributed by atoms with Crippen molar-refractivity contribution >= 4 is 38.5 Å². The van der Waals surface area contributed by atoms with Crippen molar-refractivity contribution in [1.29, 1.82) is 0 Å². The number of carbonyl (C=O) groups excluding carboxylic acids is 1. The van der Waals surface area contributed by atoms with E-state index < -0.39 is 0 Å². The van der Waals surface area contributed by atoms with Gasteiger partial charge in [-0.15, -0.1) is 22.7 Å². The molecule has 122 valence electrons. The predicted octanol–water partition coefficient (Wildman–Crippen LogP) is 5.81. The Kier molecular flexibility index (Phi) is 4.50. The normalized spacial score (nSPS) is 15.4. The third-order valence-corrected chi connectivity index (χ3v) is 6.49. The number of allylic oxidation sites excluding steroid dienone is 1. The molecule has 2 aromatic heterocycles. The SMILES string of the molecule is O=C(C=CN1CCCCC1)c1cc(-c2cc3ccccc3s2)cs1. The van der Waals surface area contributed by atoms with Crippen LogP contribution in [0.4, 0.5) is 0 Å². The minimum atomic E-state index is 0.109. The van der Waals surface area contributed by atoms with Gasteiger partial charge in [-0.1, -0.05) is 18.2 Å². The lowest BCUT2D eigenvalue weighted by molar-refractivity contribution is 0.104. The van der Waals surface area contributed by atoms with Gasteiger partial charge in [-0.05, 0) is 42.8 Å². The van der Waals surface area contributed by atoms with Gasteiger partial charge in [-0.3, -0.25) is 4.79 Å². The van der Waals surface area contributed by atoms with E-state index in [2.05, 4.69) is 40.6 Å². The van der Waals surface area contributed by atoms with Crippen LogP contribution in [0.1, 0.15) is 28.9 Å². The zero-order valence-electron chi connectivity index (χ0n) is 13.4. The van der Waals surface area contributed by atoms with Crippen LogP contribution in [0.25, 0.3) is 20.5 Å². The van der Waals surface area contributed by atoms with Crippen LogP contribution in [0.15, 0.2) is 54.1 Å². The van der Waals surface area contributed by atoms with Crippen molar-refractivity contribution in [1.82, 2.24) is 4.90 Å². The first kappa shape index (κ1) is 15.6. The Labute approximate surface area is 150 Å². The summed E-state index contributed by atoms with van der Waals surface area (Å²) in [6, 6.07) is 12.6. The van der Waals surface area contributed by atoms with Gasteiger partial charge in [-0.2, -0.15) is 0 Å².